The van der Waals surface area contributed by atoms with E-state index < -0.39 is 0 Å². The summed E-state index contributed by atoms with van der Waals surface area (Å²) in [6.45, 7) is 1.66. The van der Waals surface area contributed by atoms with Gasteiger partial charge >= 0.3 is 0 Å². The highest BCUT2D eigenvalue weighted by molar-refractivity contribution is 5.92. The first-order chi connectivity index (χ1) is 13.7. The summed E-state index contributed by atoms with van der Waals surface area (Å²) in [6, 6.07) is 27.9. The second-order valence-corrected chi connectivity index (χ2v) is 6.82. The Morgan fingerprint density at radius 3 is 2.29 bits per heavy atom. The fourth-order valence-electron chi connectivity index (χ4n) is 2.99. The highest BCUT2D eigenvalue weighted by Crippen LogP contribution is 2.18. The number of hydrogen-bond donors (Lipinski definition) is 1. The average Bonchev–Trinajstić information content (AvgIpc) is 2.69. The van der Waals surface area contributed by atoms with Gasteiger partial charge in [0.2, 0.25) is 5.91 Å². The zero-order valence-electron chi connectivity index (χ0n) is 16.2. The molecule has 0 bridgehead atoms. The molecular formula is C24H26N2O2. The van der Waals surface area contributed by atoms with Crippen molar-refractivity contribution in [3.63, 3.8) is 0 Å². The quantitative estimate of drug-likeness (QED) is 0.604. The van der Waals surface area contributed by atoms with E-state index in [1.807, 2.05) is 72.6 Å². The van der Waals surface area contributed by atoms with Crippen LogP contribution in [0.3, 0.4) is 0 Å². The van der Waals surface area contributed by atoms with Gasteiger partial charge in [-0.2, -0.15) is 0 Å². The van der Waals surface area contributed by atoms with Gasteiger partial charge in [-0.25, -0.2) is 0 Å². The Hall–Kier alpha value is -3.11. The molecule has 0 saturated carbocycles. The molecule has 0 radical (unpaired) electrons. The van der Waals surface area contributed by atoms with Gasteiger partial charge in [-0.05, 0) is 30.3 Å². The third-order valence-electron chi connectivity index (χ3n) is 4.33. The van der Waals surface area contributed by atoms with Crippen molar-refractivity contribution >= 4 is 11.6 Å². The molecule has 3 rings (SSSR count). The predicted molar refractivity (Wildman–Crippen MR) is 113 cm³/mol. The van der Waals surface area contributed by atoms with Gasteiger partial charge in [0.15, 0.2) is 0 Å². The van der Waals surface area contributed by atoms with Crippen LogP contribution in [0, 0.1) is 0 Å². The SMILES string of the molecule is CN(CC(=O)Nc1cccc(OCCc2ccccc2)c1)Cc1ccccc1. The van der Waals surface area contributed by atoms with Crippen LogP contribution in [-0.4, -0.2) is 31.0 Å². The Bertz CT molecular complexity index is 866. The van der Waals surface area contributed by atoms with E-state index in [1.54, 1.807) is 0 Å². The van der Waals surface area contributed by atoms with Crippen molar-refractivity contribution in [1.82, 2.24) is 4.90 Å². The van der Waals surface area contributed by atoms with Crippen molar-refractivity contribution in [3.05, 3.63) is 96.1 Å². The van der Waals surface area contributed by atoms with Crippen molar-refractivity contribution in [3.8, 4) is 5.75 Å². The third-order valence-corrected chi connectivity index (χ3v) is 4.33. The van der Waals surface area contributed by atoms with E-state index in [0.717, 1.165) is 24.4 Å². The monoisotopic (exact) mass is 374 g/mol. The summed E-state index contributed by atoms with van der Waals surface area (Å²) in [5.41, 5.74) is 3.18. The van der Waals surface area contributed by atoms with E-state index in [1.165, 1.54) is 11.1 Å². The van der Waals surface area contributed by atoms with Crippen LogP contribution in [0.2, 0.25) is 0 Å². The topological polar surface area (TPSA) is 41.6 Å². The lowest BCUT2D eigenvalue weighted by molar-refractivity contribution is -0.117. The molecule has 144 valence electrons. The fraction of sp³-hybridized carbons (Fsp3) is 0.208. The molecule has 0 aliphatic rings. The van der Waals surface area contributed by atoms with E-state index in [2.05, 4.69) is 29.6 Å². The first-order valence-corrected chi connectivity index (χ1v) is 9.48. The van der Waals surface area contributed by atoms with Crippen LogP contribution < -0.4 is 10.1 Å². The predicted octanol–water partition coefficient (Wildman–Crippen LogP) is 4.38. The van der Waals surface area contributed by atoms with Crippen molar-refractivity contribution in [1.29, 1.82) is 0 Å². The Balaban J connectivity index is 1.46. The van der Waals surface area contributed by atoms with Gasteiger partial charge in [-0.1, -0.05) is 66.7 Å². The molecule has 0 atom stereocenters. The van der Waals surface area contributed by atoms with Crippen LogP contribution in [0.15, 0.2) is 84.9 Å². The maximum absolute atomic E-state index is 12.3. The standard InChI is InChI=1S/C24H26N2O2/c1-26(18-21-11-6-3-7-12-21)19-24(27)25-22-13-8-14-23(17-22)28-16-15-20-9-4-2-5-10-20/h2-14,17H,15-16,18-19H2,1H3,(H,25,27). The van der Waals surface area contributed by atoms with E-state index in [0.29, 0.717) is 13.2 Å². The summed E-state index contributed by atoms with van der Waals surface area (Å²) in [4.78, 5) is 14.3. The molecule has 4 nitrogen and oxygen atoms in total. The molecule has 0 spiro atoms. The molecule has 28 heavy (non-hydrogen) atoms. The lowest BCUT2D eigenvalue weighted by Crippen LogP contribution is -2.29. The Morgan fingerprint density at radius 2 is 1.57 bits per heavy atom. The zero-order chi connectivity index (χ0) is 19.6. The minimum atomic E-state index is -0.0418. The van der Waals surface area contributed by atoms with Gasteiger partial charge in [-0.15, -0.1) is 0 Å². The van der Waals surface area contributed by atoms with Gasteiger partial charge < -0.3 is 10.1 Å². The second-order valence-electron chi connectivity index (χ2n) is 6.82. The highest BCUT2D eigenvalue weighted by atomic mass is 16.5. The molecular weight excluding hydrogens is 348 g/mol. The number of hydrogen-bond acceptors (Lipinski definition) is 3. The lowest BCUT2D eigenvalue weighted by atomic mass is 10.2. The van der Waals surface area contributed by atoms with Crippen LogP contribution in [0.1, 0.15) is 11.1 Å². The van der Waals surface area contributed by atoms with Crippen LogP contribution in [-0.2, 0) is 17.8 Å². The lowest BCUT2D eigenvalue weighted by Gasteiger charge is -2.16. The van der Waals surface area contributed by atoms with E-state index in [9.17, 15) is 4.79 Å². The first kappa shape index (κ1) is 19.6. The van der Waals surface area contributed by atoms with Gasteiger partial charge in [-0.3, -0.25) is 9.69 Å². The van der Waals surface area contributed by atoms with Gasteiger partial charge in [0.25, 0.3) is 0 Å². The molecule has 1 amide bonds. The van der Waals surface area contributed by atoms with Crippen LogP contribution >= 0.6 is 0 Å². The molecule has 3 aromatic rings. The summed E-state index contributed by atoms with van der Waals surface area (Å²) in [7, 11) is 1.94. The number of rotatable bonds is 9. The average molecular weight is 374 g/mol. The van der Waals surface area contributed by atoms with E-state index >= 15 is 0 Å². The molecule has 0 aliphatic carbocycles. The summed E-state index contributed by atoms with van der Waals surface area (Å²) in [6.07, 6.45) is 0.849. The minimum absolute atomic E-state index is 0.0418. The molecule has 0 fully saturated rings. The fourth-order valence-corrected chi connectivity index (χ4v) is 2.99. The van der Waals surface area contributed by atoms with Crippen LogP contribution in [0.4, 0.5) is 5.69 Å². The first-order valence-electron chi connectivity index (χ1n) is 9.48. The van der Waals surface area contributed by atoms with Gasteiger partial charge in [0.05, 0.1) is 13.2 Å². The van der Waals surface area contributed by atoms with Crippen molar-refractivity contribution < 1.29 is 9.53 Å². The Morgan fingerprint density at radius 1 is 0.893 bits per heavy atom. The number of benzene rings is 3. The molecule has 0 saturated heterocycles. The summed E-state index contributed by atoms with van der Waals surface area (Å²) < 4.78 is 5.83. The van der Waals surface area contributed by atoms with Crippen LogP contribution in [0.5, 0.6) is 5.75 Å². The molecule has 0 unspecified atom stereocenters. The summed E-state index contributed by atoms with van der Waals surface area (Å²) >= 11 is 0. The number of carbonyl (C=O) groups is 1. The smallest absolute Gasteiger partial charge is 0.238 e. The van der Waals surface area contributed by atoms with Crippen molar-refractivity contribution in [2.24, 2.45) is 0 Å². The normalized spacial score (nSPS) is 10.6. The number of nitrogens with zero attached hydrogens (tertiary/aromatic N) is 1. The molecule has 0 heterocycles. The highest BCUT2D eigenvalue weighted by Gasteiger charge is 2.08. The third kappa shape index (κ3) is 6.56. The number of amides is 1. The molecule has 0 aliphatic heterocycles. The van der Waals surface area contributed by atoms with Crippen LogP contribution in [0.25, 0.3) is 0 Å². The number of likely N-dealkylation sites (N-methyl/N-ethyl adjacent to an activating group) is 1. The number of carbonyl (C=O) groups excluding carboxylic acids is 1. The molecule has 4 heteroatoms. The van der Waals surface area contributed by atoms with E-state index in [4.69, 9.17) is 4.74 Å². The van der Waals surface area contributed by atoms with Crippen molar-refractivity contribution in [2.75, 3.05) is 25.5 Å². The number of anilines is 1. The summed E-state index contributed by atoms with van der Waals surface area (Å²) in [5.74, 6) is 0.714. The maximum atomic E-state index is 12.3. The van der Waals surface area contributed by atoms with E-state index in [-0.39, 0.29) is 5.91 Å². The minimum Gasteiger partial charge on any atom is -0.493 e. The molecule has 0 aromatic heterocycles. The Labute approximate surface area is 166 Å². The van der Waals surface area contributed by atoms with Gasteiger partial charge in [0.1, 0.15) is 5.75 Å². The Kier molecular flexibility index (Phi) is 7.21. The molecule has 3 aromatic carbocycles. The molecule has 1 N–H and O–H groups in total. The second kappa shape index (κ2) is 10.3. The maximum Gasteiger partial charge on any atom is 0.238 e. The largest absolute Gasteiger partial charge is 0.493 e. The number of ether oxygens (including phenoxy) is 1. The van der Waals surface area contributed by atoms with Crippen molar-refractivity contribution in [2.45, 2.75) is 13.0 Å². The number of nitrogens with one attached hydrogen (secondary N) is 1. The zero-order valence-corrected chi connectivity index (χ0v) is 16.2. The summed E-state index contributed by atoms with van der Waals surface area (Å²) in [5, 5.41) is 2.95. The van der Waals surface area contributed by atoms with Gasteiger partial charge in [0, 0.05) is 24.7 Å².